The lowest BCUT2D eigenvalue weighted by molar-refractivity contribution is -0.142. The summed E-state index contributed by atoms with van der Waals surface area (Å²) in [7, 11) is 0. The number of hydrogen-bond acceptors (Lipinski definition) is 10. The monoisotopic (exact) mass is 644 g/mol. The Hall–Kier alpha value is -3.83. The van der Waals surface area contributed by atoms with Crippen molar-refractivity contribution in [3.05, 3.63) is 0 Å². The van der Waals surface area contributed by atoms with E-state index in [1.165, 1.54) is 0 Å². The Bertz CT molecular complexity index is 995. The van der Waals surface area contributed by atoms with Crippen LogP contribution in [0.3, 0.4) is 0 Å². The summed E-state index contributed by atoms with van der Waals surface area (Å²) in [6, 6.07) is -6.17. The molecule has 0 rings (SSSR count). The van der Waals surface area contributed by atoms with E-state index in [1.54, 1.807) is 0 Å². The Kier molecular flexibility index (Phi) is 20.7. The Morgan fingerprint density at radius 2 is 1.00 bits per heavy atom. The molecule has 0 aromatic rings. The van der Waals surface area contributed by atoms with Crippen molar-refractivity contribution in [2.24, 2.45) is 28.9 Å². The fraction of sp³-hybridized carbons (Fsp3) is 0.750. The molecule has 5 amide bonds. The first-order valence-electron chi connectivity index (χ1n) is 15.2. The number of rotatable bonds is 25. The van der Waals surface area contributed by atoms with Crippen LogP contribution in [-0.4, -0.2) is 95.0 Å². The van der Waals surface area contributed by atoms with E-state index in [0.717, 1.165) is 0 Å². The van der Waals surface area contributed by atoms with Crippen molar-refractivity contribution in [2.75, 3.05) is 13.1 Å². The van der Waals surface area contributed by atoms with Gasteiger partial charge in [0, 0.05) is 12.8 Å². The van der Waals surface area contributed by atoms with Crippen LogP contribution in [0, 0.1) is 5.92 Å². The van der Waals surface area contributed by atoms with E-state index < -0.39 is 78.1 Å². The summed E-state index contributed by atoms with van der Waals surface area (Å²) in [5.74, 6) is -6.41. The summed E-state index contributed by atoms with van der Waals surface area (Å²) >= 11 is 0. The minimum Gasteiger partial charge on any atom is -0.481 e. The molecule has 0 unspecified atom stereocenters. The number of nitrogens with one attached hydrogen (secondary N) is 4. The number of nitrogens with two attached hydrogens (primary N) is 4. The number of primary amides is 1. The number of carbonyl (C=O) groups is 7. The second-order valence-corrected chi connectivity index (χ2v) is 11.3. The standard InChI is InChI=1S/C28H52N8O9/c1-16(2)15-17(31)24(40)33-18(7-3-5-13-29)25(41)35-20(10-12-23(38)39)27(43)34-19(8-4-6-14-30)26(42)36-21(28(44)45)9-11-22(32)37/h16-21H,3-15,29-31H2,1-2H3,(H2,32,37)(H,33,40)(H,34,43)(H,35,41)(H,36,42)(H,38,39)(H,44,45)/t17-,18-,19-,20-,21-/m0/s1. The Labute approximate surface area is 263 Å². The minimum absolute atomic E-state index is 0.0437. The van der Waals surface area contributed by atoms with Gasteiger partial charge in [0.1, 0.15) is 24.2 Å². The second-order valence-electron chi connectivity index (χ2n) is 11.3. The number of aliphatic carboxylic acids is 2. The molecule has 45 heavy (non-hydrogen) atoms. The van der Waals surface area contributed by atoms with Gasteiger partial charge in [-0.05, 0) is 76.8 Å². The van der Waals surface area contributed by atoms with Gasteiger partial charge in [-0.2, -0.15) is 0 Å². The quantitative estimate of drug-likeness (QED) is 0.0472. The lowest BCUT2D eigenvalue weighted by Gasteiger charge is -2.26. The summed E-state index contributed by atoms with van der Waals surface area (Å²) in [4.78, 5) is 86.6. The molecule has 0 bridgehead atoms. The molecule has 0 aromatic heterocycles. The van der Waals surface area contributed by atoms with Crippen molar-refractivity contribution in [3.8, 4) is 0 Å². The number of carbonyl (C=O) groups excluding carboxylic acids is 5. The maximum absolute atomic E-state index is 13.4. The first-order valence-corrected chi connectivity index (χ1v) is 15.2. The molecule has 17 heteroatoms. The van der Waals surface area contributed by atoms with Crippen molar-refractivity contribution in [1.29, 1.82) is 0 Å². The maximum atomic E-state index is 13.4. The first kappa shape index (κ1) is 41.2. The predicted octanol–water partition coefficient (Wildman–Crippen LogP) is -2.23. The Morgan fingerprint density at radius 1 is 0.600 bits per heavy atom. The number of carboxylic acids is 2. The number of carboxylic acid groups (broad SMARTS) is 2. The van der Waals surface area contributed by atoms with Gasteiger partial charge in [-0.15, -0.1) is 0 Å². The van der Waals surface area contributed by atoms with E-state index >= 15 is 0 Å². The van der Waals surface area contributed by atoms with Gasteiger partial charge in [-0.1, -0.05) is 13.8 Å². The topological polar surface area (TPSA) is 312 Å². The van der Waals surface area contributed by atoms with E-state index in [0.29, 0.717) is 38.6 Å². The average Bonchev–Trinajstić information content (AvgIpc) is 2.95. The molecule has 0 radical (unpaired) electrons. The van der Waals surface area contributed by atoms with E-state index in [9.17, 15) is 43.8 Å². The molecule has 0 aromatic carbocycles. The highest BCUT2D eigenvalue weighted by Crippen LogP contribution is 2.09. The molecule has 258 valence electrons. The van der Waals surface area contributed by atoms with Gasteiger partial charge < -0.3 is 54.4 Å². The molecule has 14 N–H and O–H groups in total. The van der Waals surface area contributed by atoms with Gasteiger partial charge in [-0.3, -0.25) is 28.8 Å². The van der Waals surface area contributed by atoms with E-state index in [4.69, 9.17) is 22.9 Å². The lowest BCUT2D eigenvalue weighted by atomic mass is 10.0. The fourth-order valence-electron chi connectivity index (χ4n) is 4.31. The molecule has 17 nitrogen and oxygen atoms in total. The molecular formula is C28H52N8O9. The summed E-state index contributed by atoms with van der Waals surface area (Å²) in [6.45, 7) is 4.40. The normalized spacial score (nSPS) is 14.4. The van der Waals surface area contributed by atoms with Crippen LogP contribution in [0.1, 0.15) is 84.5 Å². The zero-order chi connectivity index (χ0) is 34.5. The summed E-state index contributed by atoms with van der Waals surface area (Å²) in [5.41, 5.74) is 22.2. The van der Waals surface area contributed by atoms with Crippen molar-refractivity contribution in [1.82, 2.24) is 21.3 Å². The first-order chi connectivity index (χ1) is 21.1. The predicted molar refractivity (Wildman–Crippen MR) is 164 cm³/mol. The van der Waals surface area contributed by atoms with Crippen LogP contribution in [0.5, 0.6) is 0 Å². The smallest absolute Gasteiger partial charge is 0.326 e. The SMILES string of the molecule is CC(C)C[C@H](N)C(=O)N[C@@H](CCCCN)C(=O)N[C@@H](CCC(=O)O)C(=O)N[C@@H](CCCCN)C(=O)N[C@@H](CCC(N)=O)C(=O)O. The van der Waals surface area contributed by atoms with E-state index in [2.05, 4.69) is 21.3 Å². The molecule has 0 saturated carbocycles. The highest BCUT2D eigenvalue weighted by Gasteiger charge is 2.32. The minimum atomic E-state index is -1.47. The van der Waals surface area contributed by atoms with Crippen molar-refractivity contribution >= 4 is 41.5 Å². The summed E-state index contributed by atoms with van der Waals surface area (Å²) in [6.07, 6.45) is 0.983. The fourth-order valence-corrected chi connectivity index (χ4v) is 4.31. The highest BCUT2D eigenvalue weighted by molar-refractivity contribution is 5.95. The largest absolute Gasteiger partial charge is 0.481 e. The van der Waals surface area contributed by atoms with Crippen LogP contribution >= 0.6 is 0 Å². The van der Waals surface area contributed by atoms with Gasteiger partial charge in [0.15, 0.2) is 0 Å². The van der Waals surface area contributed by atoms with Crippen LogP contribution in [-0.2, 0) is 33.6 Å². The Balaban J connectivity index is 5.99. The van der Waals surface area contributed by atoms with Crippen LogP contribution in [0.15, 0.2) is 0 Å². The van der Waals surface area contributed by atoms with Gasteiger partial charge >= 0.3 is 11.9 Å². The van der Waals surface area contributed by atoms with Crippen LogP contribution < -0.4 is 44.2 Å². The lowest BCUT2D eigenvalue weighted by Crippen LogP contribution is -2.58. The van der Waals surface area contributed by atoms with Gasteiger partial charge in [0.2, 0.25) is 29.5 Å². The van der Waals surface area contributed by atoms with Gasteiger partial charge in [0.25, 0.3) is 0 Å². The van der Waals surface area contributed by atoms with Gasteiger partial charge in [-0.25, -0.2) is 4.79 Å². The Morgan fingerprint density at radius 3 is 1.38 bits per heavy atom. The van der Waals surface area contributed by atoms with Gasteiger partial charge in [0.05, 0.1) is 6.04 Å². The zero-order valence-electron chi connectivity index (χ0n) is 26.2. The molecule has 0 fully saturated rings. The van der Waals surface area contributed by atoms with Crippen molar-refractivity contribution in [2.45, 2.75) is 115 Å². The molecule has 0 aliphatic heterocycles. The third kappa shape index (κ3) is 18.5. The van der Waals surface area contributed by atoms with Crippen molar-refractivity contribution in [3.63, 3.8) is 0 Å². The molecule has 0 aliphatic carbocycles. The molecule has 0 aliphatic rings. The van der Waals surface area contributed by atoms with Crippen LogP contribution in [0.25, 0.3) is 0 Å². The third-order valence-electron chi connectivity index (χ3n) is 6.80. The van der Waals surface area contributed by atoms with Crippen molar-refractivity contribution < 1.29 is 43.8 Å². The summed E-state index contributed by atoms with van der Waals surface area (Å²) in [5, 5.41) is 28.6. The average molecular weight is 645 g/mol. The number of unbranched alkanes of at least 4 members (excludes halogenated alkanes) is 2. The van der Waals surface area contributed by atoms with E-state index in [1.807, 2.05) is 13.8 Å². The molecule has 0 spiro atoms. The molecular weight excluding hydrogens is 592 g/mol. The number of hydrogen-bond donors (Lipinski definition) is 10. The second kappa shape index (κ2) is 22.6. The summed E-state index contributed by atoms with van der Waals surface area (Å²) < 4.78 is 0. The highest BCUT2D eigenvalue weighted by atomic mass is 16.4. The molecule has 0 saturated heterocycles. The van der Waals surface area contributed by atoms with Crippen LogP contribution in [0.4, 0.5) is 0 Å². The zero-order valence-corrected chi connectivity index (χ0v) is 26.2. The maximum Gasteiger partial charge on any atom is 0.326 e. The molecule has 5 atom stereocenters. The van der Waals surface area contributed by atoms with E-state index in [-0.39, 0.29) is 44.6 Å². The molecule has 0 heterocycles. The van der Waals surface area contributed by atoms with Crippen LogP contribution in [0.2, 0.25) is 0 Å². The number of amides is 5. The third-order valence-corrected chi connectivity index (χ3v) is 6.80.